The molecule has 0 saturated heterocycles. The van der Waals surface area contributed by atoms with Crippen molar-refractivity contribution in [1.29, 1.82) is 0 Å². The number of carbonyl (C=O) groups is 4. The van der Waals surface area contributed by atoms with Crippen LogP contribution >= 0.6 is 0 Å². The molecule has 202 valence electrons. The van der Waals surface area contributed by atoms with Crippen LogP contribution in [0.3, 0.4) is 0 Å². The summed E-state index contributed by atoms with van der Waals surface area (Å²) in [5.41, 5.74) is 1.05. The zero-order valence-corrected chi connectivity index (χ0v) is 22.5. The lowest BCUT2D eigenvalue weighted by atomic mass is 10.0. The van der Waals surface area contributed by atoms with E-state index in [4.69, 9.17) is 0 Å². The first kappa shape index (κ1) is 31.5. The van der Waals surface area contributed by atoms with Gasteiger partial charge in [0.2, 0.25) is 0 Å². The number of amides is 2. The van der Waals surface area contributed by atoms with Crippen LogP contribution in [0.5, 0.6) is 0 Å². The topological polar surface area (TPSA) is 104 Å². The smallest absolute Gasteiger partial charge is 0.251 e. The fourth-order valence-electron chi connectivity index (χ4n) is 3.96. The molecule has 2 amide bonds. The number of hydrogen-bond acceptors (Lipinski definition) is 5. The predicted octanol–water partition coefficient (Wildman–Crippen LogP) is 4.99. The quantitative estimate of drug-likeness (QED) is 0.194. The summed E-state index contributed by atoms with van der Waals surface area (Å²) >= 11 is 0. The van der Waals surface area contributed by atoms with Crippen molar-refractivity contribution in [3.05, 3.63) is 35.4 Å². The van der Waals surface area contributed by atoms with Gasteiger partial charge in [0, 0.05) is 43.5 Å². The maximum Gasteiger partial charge on any atom is 0.251 e. The van der Waals surface area contributed by atoms with Crippen LogP contribution in [0.25, 0.3) is 0 Å². The Labute approximate surface area is 217 Å². The number of hydrogen-bond donors (Lipinski definition) is 3. The second-order valence-electron chi connectivity index (χ2n) is 9.57. The van der Waals surface area contributed by atoms with Crippen LogP contribution in [-0.4, -0.2) is 50.1 Å². The molecule has 0 fully saturated rings. The number of benzene rings is 1. The summed E-state index contributed by atoms with van der Waals surface area (Å²) in [6.07, 6.45) is 12.9. The standard InChI is InChI=1S/C29H47N3O4/c1-24(33)14-8-6-12-22-31-28(35)25-17-19-26(20-18-25)29(36)32-23-13-7-10-16-27(34)15-9-4-3-5-11-21-30-2/h17-20,30H,3-16,21-23H2,1-2H3,(H,31,35)(H,32,36). The van der Waals surface area contributed by atoms with Crippen molar-refractivity contribution >= 4 is 23.4 Å². The highest BCUT2D eigenvalue weighted by Crippen LogP contribution is 2.09. The number of Topliss-reactive ketones (excluding diaryl/α,β-unsaturated/α-hetero) is 2. The molecule has 0 aromatic heterocycles. The first-order valence-corrected chi connectivity index (χ1v) is 13.8. The third-order valence-corrected chi connectivity index (χ3v) is 6.20. The summed E-state index contributed by atoms with van der Waals surface area (Å²) in [5, 5.41) is 8.93. The summed E-state index contributed by atoms with van der Waals surface area (Å²) in [5.74, 6) is 0.236. The highest BCUT2D eigenvalue weighted by atomic mass is 16.2. The van der Waals surface area contributed by atoms with E-state index in [1.165, 1.54) is 19.3 Å². The van der Waals surface area contributed by atoms with E-state index in [2.05, 4.69) is 16.0 Å². The van der Waals surface area contributed by atoms with E-state index >= 15 is 0 Å². The highest BCUT2D eigenvalue weighted by molar-refractivity contribution is 5.97. The summed E-state index contributed by atoms with van der Waals surface area (Å²) in [6, 6.07) is 6.65. The minimum absolute atomic E-state index is 0.154. The molecule has 0 radical (unpaired) electrons. The Kier molecular flexibility index (Phi) is 18.0. The van der Waals surface area contributed by atoms with Crippen LogP contribution in [-0.2, 0) is 9.59 Å². The Morgan fingerprint density at radius 1 is 0.556 bits per heavy atom. The van der Waals surface area contributed by atoms with Gasteiger partial charge in [0.05, 0.1) is 0 Å². The molecule has 0 atom stereocenters. The monoisotopic (exact) mass is 501 g/mol. The van der Waals surface area contributed by atoms with Crippen LogP contribution in [0.2, 0.25) is 0 Å². The van der Waals surface area contributed by atoms with E-state index in [0.717, 1.165) is 57.9 Å². The molecule has 0 aliphatic heterocycles. The molecule has 0 bridgehead atoms. The summed E-state index contributed by atoms with van der Waals surface area (Å²) < 4.78 is 0. The first-order valence-electron chi connectivity index (χ1n) is 13.8. The molecule has 0 spiro atoms. The molecule has 0 aliphatic carbocycles. The summed E-state index contributed by atoms with van der Waals surface area (Å²) in [4.78, 5) is 47.4. The lowest BCUT2D eigenvalue weighted by Crippen LogP contribution is -2.26. The molecular weight excluding hydrogens is 454 g/mol. The minimum Gasteiger partial charge on any atom is -0.352 e. The number of rotatable bonds is 22. The van der Waals surface area contributed by atoms with E-state index in [1.54, 1.807) is 31.2 Å². The van der Waals surface area contributed by atoms with Gasteiger partial charge in [0.1, 0.15) is 11.6 Å². The third-order valence-electron chi connectivity index (χ3n) is 6.20. The molecule has 0 unspecified atom stereocenters. The Bertz CT molecular complexity index is 777. The number of nitrogens with one attached hydrogen (secondary N) is 3. The van der Waals surface area contributed by atoms with Crippen molar-refractivity contribution in [1.82, 2.24) is 16.0 Å². The van der Waals surface area contributed by atoms with Gasteiger partial charge in [-0.25, -0.2) is 0 Å². The lowest BCUT2D eigenvalue weighted by molar-refractivity contribution is -0.119. The predicted molar refractivity (Wildman–Crippen MR) is 145 cm³/mol. The minimum atomic E-state index is -0.160. The molecule has 7 nitrogen and oxygen atoms in total. The SMILES string of the molecule is CNCCCCCCCC(=O)CCCCCNC(=O)c1ccc(C(=O)NCCCCCC(C)=O)cc1. The molecule has 7 heteroatoms. The number of unbranched alkanes of at least 4 members (excludes halogenated alkanes) is 8. The molecule has 0 aliphatic rings. The van der Waals surface area contributed by atoms with E-state index < -0.39 is 0 Å². The summed E-state index contributed by atoms with van der Waals surface area (Å²) in [6.45, 7) is 3.80. The van der Waals surface area contributed by atoms with Gasteiger partial charge in [-0.05, 0) is 83.3 Å². The molecule has 0 heterocycles. The van der Waals surface area contributed by atoms with Crippen molar-refractivity contribution in [2.24, 2.45) is 0 Å². The first-order chi connectivity index (χ1) is 17.4. The zero-order valence-electron chi connectivity index (χ0n) is 22.5. The Balaban J connectivity index is 2.09. The zero-order chi connectivity index (χ0) is 26.4. The maximum atomic E-state index is 12.3. The van der Waals surface area contributed by atoms with Crippen molar-refractivity contribution in [2.75, 3.05) is 26.7 Å². The lowest BCUT2D eigenvalue weighted by Gasteiger charge is -2.07. The molecule has 36 heavy (non-hydrogen) atoms. The second kappa shape index (κ2) is 20.6. The third kappa shape index (κ3) is 16.2. The van der Waals surface area contributed by atoms with Crippen LogP contribution in [0, 0.1) is 0 Å². The molecule has 0 saturated carbocycles. The fourth-order valence-corrected chi connectivity index (χ4v) is 3.96. The van der Waals surface area contributed by atoms with Crippen molar-refractivity contribution < 1.29 is 19.2 Å². The van der Waals surface area contributed by atoms with Gasteiger partial charge in [0.25, 0.3) is 11.8 Å². The number of ketones is 2. The van der Waals surface area contributed by atoms with E-state index in [1.807, 2.05) is 7.05 Å². The average Bonchev–Trinajstić information content (AvgIpc) is 2.87. The maximum absolute atomic E-state index is 12.3. The fraction of sp³-hybridized carbons (Fsp3) is 0.655. The van der Waals surface area contributed by atoms with Gasteiger partial charge >= 0.3 is 0 Å². The van der Waals surface area contributed by atoms with Gasteiger partial charge in [-0.3, -0.25) is 14.4 Å². The van der Waals surface area contributed by atoms with Crippen LogP contribution in [0.1, 0.15) is 118 Å². The highest BCUT2D eigenvalue weighted by Gasteiger charge is 2.09. The van der Waals surface area contributed by atoms with Crippen LogP contribution < -0.4 is 16.0 Å². The van der Waals surface area contributed by atoms with Gasteiger partial charge in [-0.2, -0.15) is 0 Å². The Hall–Kier alpha value is -2.54. The van der Waals surface area contributed by atoms with Gasteiger partial charge < -0.3 is 20.7 Å². The second-order valence-corrected chi connectivity index (χ2v) is 9.57. The van der Waals surface area contributed by atoms with Crippen LogP contribution in [0.4, 0.5) is 0 Å². The molecule has 1 aromatic rings. The normalized spacial score (nSPS) is 10.7. The van der Waals surface area contributed by atoms with Gasteiger partial charge in [0.15, 0.2) is 0 Å². The number of carbonyl (C=O) groups excluding carboxylic acids is 4. The Morgan fingerprint density at radius 2 is 0.944 bits per heavy atom. The molecule has 3 N–H and O–H groups in total. The molecular formula is C29H47N3O4. The molecule has 1 rings (SSSR count). The van der Waals surface area contributed by atoms with Crippen molar-refractivity contribution in [2.45, 2.75) is 96.8 Å². The van der Waals surface area contributed by atoms with Gasteiger partial charge in [-0.1, -0.05) is 32.1 Å². The van der Waals surface area contributed by atoms with E-state index in [-0.39, 0.29) is 17.6 Å². The average molecular weight is 502 g/mol. The largest absolute Gasteiger partial charge is 0.352 e. The van der Waals surface area contributed by atoms with E-state index in [9.17, 15) is 19.2 Å². The summed E-state index contributed by atoms with van der Waals surface area (Å²) in [7, 11) is 1.97. The van der Waals surface area contributed by atoms with Crippen molar-refractivity contribution in [3.8, 4) is 0 Å². The van der Waals surface area contributed by atoms with E-state index in [0.29, 0.717) is 49.3 Å². The van der Waals surface area contributed by atoms with Gasteiger partial charge in [-0.15, -0.1) is 0 Å². The van der Waals surface area contributed by atoms with Crippen LogP contribution in [0.15, 0.2) is 24.3 Å². The Morgan fingerprint density at radius 3 is 1.42 bits per heavy atom. The molecule has 1 aromatic carbocycles. The van der Waals surface area contributed by atoms with Crippen molar-refractivity contribution in [3.63, 3.8) is 0 Å².